The number of hydrogen-bond acceptors (Lipinski definition) is 3. The van der Waals surface area contributed by atoms with Crippen LogP contribution in [-0.4, -0.2) is 4.98 Å². The number of benzene rings is 1. The molecule has 0 aliphatic heterocycles. The van der Waals surface area contributed by atoms with Gasteiger partial charge in [-0.3, -0.25) is 0 Å². The molecule has 0 saturated carbocycles. The summed E-state index contributed by atoms with van der Waals surface area (Å²) < 4.78 is 5.06. The molecule has 0 atom stereocenters. The average molecular weight is 175 g/mol. The van der Waals surface area contributed by atoms with Crippen molar-refractivity contribution in [3.63, 3.8) is 0 Å². The summed E-state index contributed by atoms with van der Waals surface area (Å²) in [5.41, 5.74) is 2.37. The Kier molecular flexibility index (Phi) is 1.65. The molecule has 0 unspecified atom stereocenters. The summed E-state index contributed by atoms with van der Waals surface area (Å²) in [4.78, 5) is 15.2. The molecule has 1 aromatic carbocycles. The molecule has 0 amide bonds. The van der Waals surface area contributed by atoms with E-state index >= 15 is 0 Å². The fourth-order valence-corrected chi connectivity index (χ4v) is 1.20. The van der Waals surface area contributed by atoms with E-state index < -0.39 is 0 Å². The largest absolute Gasteiger partial charge is 0.420 e. The molecule has 13 heavy (non-hydrogen) atoms. The van der Waals surface area contributed by atoms with Crippen LogP contribution in [0.4, 0.5) is 0 Å². The van der Waals surface area contributed by atoms with Crippen molar-refractivity contribution in [3.8, 4) is 0 Å². The Balaban J connectivity index is 2.89. The van der Waals surface area contributed by atoms with E-state index in [0.717, 1.165) is 11.1 Å². The second-order valence-corrected chi connectivity index (χ2v) is 3.06. The SMILES string of the molecule is Cc1ccc2nc(C)c(=O)oc2c1. The van der Waals surface area contributed by atoms with Crippen LogP contribution in [0.3, 0.4) is 0 Å². The molecule has 0 bridgehead atoms. The van der Waals surface area contributed by atoms with E-state index in [4.69, 9.17) is 4.42 Å². The van der Waals surface area contributed by atoms with Crippen molar-refractivity contribution < 1.29 is 4.42 Å². The molecular formula is C10H9NO2. The van der Waals surface area contributed by atoms with Crippen LogP contribution in [0.5, 0.6) is 0 Å². The van der Waals surface area contributed by atoms with Gasteiger partial charge in [0.2, 0.25) is 0 Å². The van der Waals surface area contributed by atoms with Crippen LogP contribution in [-0.2, 0) is 0 Å². The lowest BCUT2D eigenvalue weighted by Crippen LogP contribution is -2.05. The number of hydrogen-bond donors (Lipinski definition) is 0. The smallest absolute Gasteiger partial charge is 0.357 e. The lowest BCUT2D eigenvalue weighted by molar-refractivity contribution is 0.547. The summed E-state index contributed by atoms with van der Waals surface area (Å²) in [6.07, 6.45) is 0. The number of rotatable bonds is 0. The predicted molar refractivity (Wildman–Crippen MR) is 49.8 cm³/mol. The van der Waals surface area contributed by atoms with Crippen molar-refractivity contribution >= 4 is 11.1 Å². The van der Waals surface area contributed by atoms with Crippen molar-refractivity contribution in [1.29, 1.82) is 0 Å². The van der Waals surface area contributed by atoms with Gasteiger partial charge >= 0.3 is 5.63 Å². The molecule has 0 radical (unpaired) electrons. The summed E-state index contributed by atoms with van der Waals surface area (Å²) in [6.45, 7) is 3.59. The molecule has 3 heteroatoms. The van der Waals surface area contributed by atoms with Gasteiger partial charge in [0.15, 0.2) is 5.58 Å². The minimum atomic E-state index is -0.363. The van der Waals surface area contributed by atoms with E-state index in [1.54, 1.807) is 6.92 Å². The van der Waals surface area contributed by atoms with E-state index in [0.29, 0.717) is 11.3 Å². The van der Waals surface area contributed by atoms with Crippen molar-refractivity contribution in [2.24, 2.45) is 0 Å². The summed E-state index contributed by atoms with van der Waals surface area (Å²) in [7, 11) is 0. The highest BCUT2D eigenvalue weighted by Gasteiger charge is 2.01. The van der Waals surface area contributed by atoms with Crippen LogP contribution < -0.4 is 5.63 Å². The molecule has 1 aromatic heterocycles. The number of aryl methyl sites for hydroxylation is 2. The first-order chi connectivity index (χ1) is 6.16. The summed E-state index contributed by atoms with van der Waals surface area (Å²) in [5.74, 6) is 0. The maximum Gasteiger partial charge on any atom is 0.357 e. The van der Waals surface area contributed by atoms with E-state index in [2.05, 4.69) is 4.98 Å². The molecule has 2 aromatic rings. The Morgan fingerprint density at radius 2 is 2.08 bits per heavy atom. The lowest BCUT2D eigenvalue weighted by atomic mass is 10.2. The van der Waals surface area contributed by atoms with Gasteiger partial charge in [-0.15, -0.1) is 0 Å². The third-order valence-electron chi connectivity index (χ3n) is 1.90. The average Bonchev–Trinajstić information content (AvgIpc) is 2.08. The molecule has 0 spiro atoms. The van der Waals surface area contributed by atoms with Crippen molar-refractivity contribution in [3.05, 3.63) is 39.9 Å². The number of fused-ring (bicyclic) bond motifs is 1. The normalized spacial score (nSPS) is 10.6. The van der Waals surface area contributed by atoms with Crippen LogP contribution in [0.2, 0.25) is 0 Å². The molecule has 0 aliphatic rings. The predicted octanol–water partition coefficient (Wildman–Crippen LogP) is 1.80. The molecular weight excluding hydrogens is 166 g/mol. The Hall–Kier alpha value is -1.64. The number of nitrogens with zero attached hydrogens (tertiary/aromatic N) is 1. The topological polar surface area (TPSA) is 43.1 Å². The van der Waals surface area contributed by atoms with Crippen molar-refractivity contribution in [2.45, 2.75) is 13.8 Å². The minimum absolute atomic E-state index is 0.363. The Bertz CT molecular complexity index is 514. The van der Waals surface area contributed by atoms with Crippen LogP contribution >= 0.6 is 0 Å². The second kappa shape index (κ2) is 2.69. The van der Waals surface area contributed by atoms with Gasteiger partial charge in [-0.25, -0.2) is 9.78 Å². The standard InChI is InChI=1S/C10H9NO2/c1-6-3-4-8-9(5-6)13-10(12)7(2)11-8/h3-5H,1-2H3. The van der Waals surface area contributed by atoms with Crippen LogP contribution in [0, 0.1) is 13.8 Å². The van der Waals surface area contributed by atoms with Gasteiger partial charge in [-0.2, -0.15) is 0 Å². The first kappa shape index (κ1) is 7.98. The fourth-order valence-electron chi connectivity index (χ4n) is 1.20. The Labute approximate surface area is 75.0 Å². The Morgan fingerprint density at radius 1 is 1.31 bits per heavy atom. The molecule has 2 rings (SSSR count). The minimum Gasteiger partial charge on any atom is -0.420 e. The van der Waals surface area contributed by atoms with E-state index in [1.807, 2.05) is 25.1 Å². The van der Waals surface area contributed by atoms with Crippen LogP contribution in [0.15, 0.2) is 27.4 Å². The third-order valence-corrected chi connectivity index (χ3v) is 1.90. The highest BCUT2D eigenvalue weighted by molar-refractivity contribution is 5.72. The van der Waals surface area contributed by atoms with Crippen LogP contribution in [0.1, 0.15) is 11.3 Å². The van der Waals surface area contributed by atoms with Gasteiger partial charge in [-0.1, -0.05) is 6.07 Å². The van der Waals surface area contributed by atoms with E-state index in [1.165, 1.54) is 0 Å². The molecule has 3 nitrogen and oxygen atoms in total. The summed E-state index contributed by atoms with van der Waals surface area (Å²) in [5, 5.41) is 0. The first-order valence-electron chi connectivity index (χ1n) is 4.05. The zero-order chi connectivity index (χ0) is 9.42. The van der Waals surface area contributed by atoms with Crippen LogP contribution in [0.25, 0.3) is 11.1 Å². The van der Waals surface area contributed by atoms with Gasteiger partial charge in [0.05, 0.1) is 0 Å². The zero-order valence-corrected chi connectivity index (χ0v) is 7.50. The molecule has 66 valence electrons. The van der Waals surface area contributed by atoms with Gasteiger partial charge in [0.25, 0.3) is 0 Å². The van der Waals surface area contributed by atoms with Crippen molar-refractivity contribution in [1.82, 2.24) is 4.98 Å². The maximum absolute atomic E-state index is 11.1. The third kappa shape index (κ3) is 1.33. The maximum atomic E-state index is 11.1. The second-order valence-electron chi connectivity index (χ2n) is 3.06. The lowest BCUT2D eigenvalue weighted by Gasteiger charge is -1.97. The first-order valence-corrected chi connectivity index (χ1v) is 4.05. The summed E-state index contributed by atoms with van der Waals surface area (Å²) in [6, 6.07) is 5.60. The number of aromatic nitrogens is 1. The molecule has 1 heterocycles. The Morgan fingerprint density at radius 3 is 2.85 bits per heavy atom. The van der Waals surface area contributed by atoms with Gasteiger partial charge < -0.3 is 4.42 Å². The molecule has 0 saturated heterocycles. The highest BCUT2D eigenvalue weighted by atomic mass is 16.4. The van der Waals surface area contributed by atoms with Gasteiger partial charge in [-0.05, 0) is 31.5 Å². The summed E-state index contributed by atoms with van der Waals surface area (Å²) >= 11 is 0. The van der Waals surface area contributed by atoms with Crippen molar-refractivity contribution in [2.75, 3.05) is 0 Å². The van der Waals surface area contributed by atoms with Gasteiger partial charge in [0, 0.05) is 0 Å². The molecule has 0 N–H and O–H groups in total. The van der Waals surface area contributed by atoms with E-state index in [9.17, 15) is 4.79 Å². The monoisotopic (exact) mass is 175 g/mol. The molecule has 0 fully saturated rings. The molecule has 0 aliphatic carbocycles. The van der Waals surface area contributed by atoms with Gasteiger partial charge in [0.1, 0.15) is 11.2 Å². The fraction of sp³-hybridized carbons (Fsp3) is 0.200. The zero-order valence-electron chi connectivity index (χ0n) is 7.50. The quantitative estimate of drug-likeness (QED) is 0.613. The van der Waals surface area contributed by atoms with E-state index in [-0.39, 0.29) is 5.63 Å². The highest BCUT2D eigenvalue weighted by Crippen LogP contribution is 2.11.